The van der Waals surface area contributed by atoms with Crippen molar-refractivity contribution in [3.63, 3.8) is 0 Å². The molecule has 0 aliphatic rings. The zero-order valence-corrected chi connectivity index (χ0v) is 15.4. The van der Waals surface area contributed by atoms with Crippen LogP contribution in [0.2, 0.25) is 0 Å². The maximum absolute atomic E-state index is 10.1. The van der Waals surface area contributed by atoms with Crippen LogP contribution in [0.5, 0.6) is 0 Å². The van der Waals surface area contributed by atoms with E-state index in [2.05, 4.69) is 22.9 Å². The largest absolute Gasteiger partial charge is 2.00 e. The number of rotatable bonds is 6. The van der Waals surface area contributed by atoms with Gasteiger partial charge in [0, 0.05) is 0 Å². The van der Waals surface area contributed by atoms with Crippen molar-refractivity contribution in [2.45, 2.75) is 12.3 Å². The number of hydrogen-bond donors (Lipinski definition) is 8. The third kappa shape index (κ3) is 16.8. The van der Waals surface area contributed by atoms with Gasteiger partial charge in [-0.1, -0.05) is 0 Å². The van der Waals surface area contributed by atoms with Crippen molar-refractivity contribution in [3.8, 4) is 0 Å². The number of carboxylic acids is 2. The standard InChI is InChI=1S/2C4H8N4O4.Zn/c2*5-3(11)7-1(2(9)10)8-4(6)12;/h2*1H,(H,9,10)(H3,5,7,11)(H3,6,8,12);/q;;+2/p-2. The van der Waals surface area contributed by atoms with Gasteiger partial charge in [0.05, 0.1) is 11.9 Å². The Labute approximate surface area is 151 Å². The Balaban J connectivity index is -0.000000372. The minimum atomic E-state index is -1.72. The summed E-state index contributed by atoms with van der Waals surface area (Å²) in [6.45, 7) is 0. The fraction of sp³-hybridized carbons (Fsp3) is 0.250. The molecule has 0 saturated heterocycles. The molecule has 25 heavy (non-hydrogen) atoms. The maximum atomic E-state index is 10.1. The summed E-state index contributed by atoms with van der Waals surface area (Å²) in [6, 6.07) is -4.45. The van der Waals surface area contributed by atoms with E-state index in [1.807, 2.05) is 0 Å². The number of carbonyl (C=O) groups is 6. The SMILES string of the molecule is NC(=O)NC(NC(N)=O)C(=O)[O-].NC(=O)NC(NC(N)=O)C(=O)[O-].[Zn+2]. The smallest absolute Gasteiger partial charge is 0.546 e. The van der Waals surface area contributed by atoms with Crippen molar-refractivity contribution in [2.24, 2.45) is 22.9 Å². The summed E-state index contributed by atoms with van der Waals surface area (Å²) in [7, 11) is 0. The Morgan fingerprint density at radius 2 is 0.720 bits per heavy atom. The molecule has 136 valence electrons. The number of aliphatic carboxylic acids is 2. The Bertz CT molecular complexity index is 450. The Hall–Kier alpha value is -3.36. The molecule has 0 radical (unpaired) electrons. The Morgan fingerprint density at radius 3 is 0.800 bits per heavy atom. The van der Waals surface area contributed by atoms with Crippen molar-refractivity contribution in [2.75, 3.05) is 0 Å². The summed E-state index contributed by atoms with van der Waals surface area (Å²) in [5, 5.41) is 26.9. The average Bonchev–Trinajstić information content (AvgIpc) is 2.35. The van der Waals surface area contributed by atoms with Gasteiger partial charge in [-0.25, -0.2) is 19.2 Å². The van der Waals surface area contributed by atoms with Crippen LogP contribution in [0.1, 0.15) is 0 Å². The molecule has 0 spiro atoms. The molecule has 0 aromatic heterocycles. The van der Waals surface area contributed by atoms with Crippen molar-refractivity contribution in [1.29, 1.82) is 0 Å². The van der Waals surface area contributed by atoms with E-state index < -0.39 is 48.4 Å². The third-order valence-corrected chi connectivity index (χ3v) is 1.62. The Kier molecular flexibility index (Phi) is 13.9. The van der Waals surface area contributed by atoms with E-state index in [1.165, 1.54) is 0 Å². The molecule has 0 aromatic carbocycles. The first-order chi connectivity index (χ1) is 10.9. The molecule has 0 aliphatic heterocycles. The van der Waals surface area contributed by atoms with Crippen LogP contribution in [0.25, 0.3) is 0 Å². The fourth-order valence-electron chi connectivity index (χ4n) is 0.877. The number of amides is 8. The average molecular weight is 416 g/mol. The van der Waals surface area contributed by atoms with Gasteiger partial charge in [0.2, 0.25) is 0 Å². The molecule has 0 bridgehead atoms. The van der Waals surface area contributed by atoms with E-state index in [0.717, 1.165) is 0 Å². The maximum Gasteiger partial charge on any atom is 2.00 e. The van der Waals surface area contributed by atoms with E-state index in [1.54, 1.807) is 21.3 Å². The van der Waals surface area contributed by atoms with Gasteiger partial charge in [-0.15, -0.1) is 0 Å². The topological polar surface area (TPSA) is 301 Å². The molecular weight excluding hydrogens is 402 g/mol. The minimum absolute atomic E-state index is 0. The quantitative estimate of drug-likeness (QED) is 0.152. The Morgan fingerprint density at radius 1 is 0.560 bits per heavy atom. The normalized spacial score (nSPS) is 8.72. The predicted molar refractivity (Wildman–Crippen MR) is 68.5 cm³/mol. The molecular formula is C8H14N8O8Zn. The van der Waals surface area contributed by atoms with Crippen LogP contribution in [0, 0.1) is 0 Å². The van der Waals surface area contributed by atoms with Crippen molar-refractivity contribution < 1.29 is 58.5 Å². The summed E-state index contributed by atoms with van der Waals surface area (Å²) in [4.78, 5) is 60.7. The number of carboxylic acid groups (broad SMARTS) is 2. The van der Waals surface area contributed by atoms with E-state index in [0.29, 0.717) is 0 Å². The van der Waals surface area contributed by atoms with Crippen LogP contribution >= 0.6 is 0 Å². The minimum Gasteiger partial charge on any atom is -0.546 e. The van der Waals surface area contributed by atoms with Crippen LogP contribution in [0.3, 0.4) is 0 Å². The molecule has 0 saturated carbocycles. The van der Waals surface area contributed by atoms with Crippen LogP contribution in [0.15, 0.2) is 0 Å². The van der Waals surface area contributed by atoms with Gasteiger partial charge in [0.15, 0.2) is 0 Å². The first kappa shape index (κ1) is 26.5. The summed E-state index contributed by atoms with van der Waals surface area (Å²) in [6.07, 6.45) is -3.42. The summed E-state index contributed by atoms with van der Waals surface area (Å²) < 4.78 is 0. The molecule has 8 amide bonds. The van der Waals surface area contributed by atoms with Gasteiger partial charge in [-0.05, 0) is 0 Å². The summed E-state index contributed by atoms with van der Waals surface area (Å²) in [5.74, 6) is -3.43. The van der Waals surface area contributed by atoms with Gasteiger partial charge in [-0.2, -0.15) is 0 Å². The second-order valence-electron chi connectivity index (χ2n) is 3.54. The molecule has 0 aliphatic carbocycles. The first-order valence-corrected chi connectivity index (χ1v) is 5.52. The number of urea groups is 4. The molecule has 0 aromatic rings. The number of primary amides is 4. The molecule has 17 heteroatoms. The van der Waals surface area contributed by atoms with Crippen molar-refractivity contribution in [1.82, 2.24) is 21.3 Å². The van der Waals surface area contributed by atoms with E-state index >= 15 is 0 Å². The zero-order chi connectivity index (χ0) is 19.4. The molecule has 0 fully saturated rings. The number of nitrogens with two attached hydrogens (primary N) is 4. The van der Waals surface area contributed by atoms with Crippen LogP contribution in [-0.2, 0) is 29.1 Å². The van der Waals surface area contributed by atoms with Crippen molar-refractivity contribution in [3.05, 3.63) is 0 Å². The van der Waals surface area contributed by atoms with Gasteiger partial charge in [-0.3, -0.25) is 0 Å². The van der Waals surface area contributed by atoms with Crippen LogP contribution < -0.4 is 54.4 Å². The molecule has 0 rings (SSSR count). The third-order valence-electron chi connectivity index (χ3n) is 1.62. The van der Waals surface area contributed by atoms with Crippen LogP contribution in [0.4, 0.5) is 19.2 Å². The number of nitrogens with one attached hydrogen (secondary N) is 4. The number of carbonyl (C=O) groups excluding carboxylic acids is 6. The molecule has 0 atom stereocenters. The predicted octanol–water partition coefficient (Wildman–Crippen LogP) is -7.20. The fourth-order valence-corrected chi connectivity index (χ4v) is 0.877. The van der Waals surface area contributed by atoms with Gasteiger partial charge >= 0.3 is 43.6 Å². The van der Waals surface area contributed by atoms with E-state index in [-0.39, 0.29) is 19.5 Å². The molecule has 12 N–H and O–H groups in total. The monoisotopic (exact) mass is 414 g/mol. The van der Waals surface area contributed by atoms with Gasteiger partial charge in [0.25, 0.3) is 0 Å². The van der Waals surface area contributed by atoms with E-state index in [9.17, 15) is 39.0 Å². The first-order valence-electron chi connectivity index (χ1n) is 5.52. The number of hydrogen-bond acceptors (Lipinski definition) is 8. The van der Waals surface area contributed by atoms with E-state index in [4.69, 9.17) is 0 Å². The molecule has 16 nitrogen and oxygen atoms in total. The van der Waals surface area contributed by atoms with Crippen molar-refractivity contribution >= 4 is 36.1 Å². The zero-order valence-electron chi connectivity index (χ0n) is 12.4. The summed E-state index contributed by atoms with van der Waals surface area (Å²) in [5.41, 5.74) is 18.3. The van der Waals surface area contributed by atoms with Gasteiger partial charge < -0.3 is 64.0 Å². The van der Waals surface area contributed by atoms with Gasteiger partial charge in [0.1, 0.15) is 12.3 Å². The molecule has 0 heterocycles. The summed E-state index contributed by atoms with van der Waals surface area (Å²) >= 11 is 0. The van der Waals surface area contributed by atoms with Crippen LogP contribution in [-0.4, -0.2) is 48.4 Å². The second-order valence-corrected chi connectivity index (χ2v) is 3.54. The second kappa shape index (κ2) is 13.1. The molecule has 0 unspecified atom stereocenters.